The first-order valence-corrected chi connectivity index (χ1v) is 5.56. The average Bonchev–Trinajstić information content (AvgIpc) is 2.29. The highest BCUT2D eigenvalue weighted by molar-refractivity contribution is 8.07. The molecule has 1 heteroatoms. The SMILES string of the molecule is [C]1=c2ccccc2=C2C=CC=CC2S1. The lowest BCUT2D eigenvalue weighted by atomic mass is 10.0. The fourth-order valence-corrected chi connectivity index (χ4v) is 2.75. The van der Waals surface area contributed by atoms with Crippen molar-refractivity contribution in [1.29, 1.82) is 0 Å². The monoisotopic (exact) mass is 197 g/mol. The molecule has 2 aliphatic rings. The number of rotatable bonds is 0. The summed E-state index contributed by atoms with van der Waals surface area (Å²) >= 11 is 1.76. The van der Waals surface area contributed by atoms with Crippen LogP contribution in [0.15, 0.2) is 48.6 Å². The van der Waals surface area contributed by atoms with E-state index < -0.39 is 0 Å². The maximum atomic E-state index is 3.37. The van der Waals surface area contributed by atoms with Gasteiger partial charge in [0.15, 0.2) is 0 Å². The summed E-state index contributed by atoms with van der Waals surface area (Å²) in [5.74, 6) is 0. The Labute approximate surface area is 87.3 Å². The molecular formula is C13H9S. The smallest absolute Gasteiger partial charge is 0.0534 e. The van der Waals surface area contributed by atoms with Crippen molar-refractivity contribution in [3.05, 3.63) is 59.0 Å². The minimum Gasteiger partial charge on any atom is -0.112 e. The molecule has 0 saturated heterocycles. The van der Waals surface area contributed by atoms with Crippen molar-refractivity contribution in [2.24, 2.45) is 0 Å². The maximum Gasteiger partial charge on any atom is 0.0534 e. The highest BCUT2D eigenvalue weighted by Crippen LogP contribution is 2.27. The first-order valence-electron chi connectivity index (χ1n) is 4.68. The van der Waals surface area contributed by atoms with E-state index in [4.69, 9.17) is 0 Å². The third-order valence-electron chi connectivity index (χ3n) is 2.51. The first kappa shape index (κ1) is 8.13. The minimum atomic E-state index is 0.467. The lowest BCUT2D eigenvalue weighted by Gasteiger charge is -2.17. The highest BCUT2D eigenvalue weighted by Gasteiger charge is 2.14. The third-order valence-corrected chi connectivity index (χ3v) is 3.52. The summed E-state index contributed by atoms with van der Waals surface area (Å²) < 4.78 is 0. The van der Waals surface area contributed by atoms with Gasteiger partial charge >= 0.3 is 0 Å². The average molecular weight is 197 g/mol. The van der Waals surface area contributed by atoms with Gasteiger partial charge in [-0.05, 0) is 16.0 Å². The van der Waals surface area contributed by atoms with Crippen LogP contribution in [0.25, 0.3) is 11.0 Å². The van der Waals surface area contributed by atoms with Gasteiger partial charge in [0.2, 0.25) is 0 Å². The van der Waals surface area contributed by atoms with Crippen LogP contribution in [0.2, 0.25) is 0 Å². The van der Waals surface area contributed by atoms with E-state index in [9.17, 15) is 0 Å². The van der Waals surface area contributed by atoms with Crippen LogP contribution in [0.4, 0.5) is 0 Å². The van der Waals surface area contributed by atoms with Gasteiger partial charge in [-0.15, -0.1) is 11.8 Å². The molecule has 1 aromatic carbocycles. The molecule has 1 unspecified atom stereocenters. The molecule has 0 bridgehead atoms. The Kier molecular flexibility index (Phi) is 1.84. The van der Waals surface area contributed by atoms with E-state index in [1.54, 1.807) is 11.8 Å². The number of hydrogen-bond acceptors (Lipinski definition) is 1. The highest BCUT2D eigenvalue weighted by atomic mass is 32.2. The predicted molar refractivity (Wildman–Crippen MR) is 62.2 cm³/mol. The Morgan fingerprint density at radius 3 is 3.07 bits per heavy atom. The Balaban J connectivity index is 2.40. The molecule has 1 aliphatic heterocycles. The lowest BCUT2D eigenvalue weighted by Crippen LogP contribution is -2.31. The van der Waals surface area contributed by atoms with Crippen molar-refractivity contribution < 1.29 is 0 Å². The van der Waals surface area contributed by atoms with E-state index in [0.717, 1.165) is 0 Å². The molecule has 67 valence electrons. The van der Waals surface area contributed by atoms with Gasteiger partial charge in [-0.3, -0.25) is 0 Å². The van der Waals surface area contributed by atoms with Gasteiger partial charge < -0.3 is 0 Å². The van der Waals surface area contributed by atoms with Crippen molar-refractivity contribution in [3.8, 4) is 0 Å². The summed E-state index contributed by atoms with van der Waals surface area (Å²) in [6, 6.07) is 8.45. The summed E-state index contributed by atoms with van der Waals surface area (Å²) in [4.78, 5) is 0. The molecular weight excluding hydrogens is 188 g/mol. The van der Waals surface area contributed by atoms with Crippen LogP contribution < -0.4 is 10.4 Å². The number of thioether (sulfide) groups is 1. The predicted octanol–water partition coefficient (Wildman–Crippen LogP) is 1.69. The molecule has 0 fully saturated rings. The second kappa shape index (κ2) is 3.18. The zero-order valence-corrected chi connectivity index (χ0v) is 8.42. The molecule has 1 aliphatic carbocycles. The molecule has 1 atom stereocenters. The van der Waals surface area contributed by atoms with Crippen LogP contribution in [0, 0.1) is 0 Å². The van der Waals surface area contributed by atoms with Gasteiger partial charge in [0.25, 0.3) is 0 Å². The molecule has 14 heavy (non-hydrogen) atoms. The summed E-state index contributed by atoms with van der Waals surface area (Å²) in [6.45, 7) is 0. The van der Waals surface area contributed by atoms with Crippen molar-refractivity contribution in [2.45, 2.75) is 5.25 Å². The molecule has 0 saturated carbocycles. The van der Waals surface area contributed by atoms with E-state index in [0.29, 0.717) is 5.25 Å². The van der Waals surface area contributed by atoms with Crippen LogP contribution in [0.5, 0.6) is 0 Å². The van der Waals surface area contributed by atoms with Crippen molar-refractivity contribution in [3.63, 3.8) is 0 Å². The fraction of sp³-hybridized carbons (Fsp3) is 0.0769. The van der Waals surface area contributed by atoms with Gasteiger partial charge in [0.05, 0.1) is 5.25 Å². The molecule has 0 aromatic heterocycles. The summed E-state index contributed by atoms with van der Waals surface area (Å²) in [6.07, 6.45) is 8.64. The third kappa shape index (κ3) is 1.17. The minimum absolute atomic E-state index is 0.467. The van der Waals surface area contributed by atoms with Gasteiger partial charge in [-0.2, -0.15) is 0 Å². The van der Waals surface area contributed by atoms with E-state index >= 15 is 0 Å². The molecule has 1 radical (unpaired) electrons. The summed E-state index contributed by atoms with van der Waals surface area (Å²) in [7, 11) is 0. The molecule has 1 heterocycles. The molecule has 0 N–H and O–H groups in total. The first-order chi connectivity index (χ1) is 6.95. The molecule has 0 amide bonds. The Hall–Kier alpha value is -1.21. The Bertz CT molecular complexity index is 535. The van der Waals surface area contributed by atoms with Crippen LogP contribution in [-0.4, -0.2) is 5.25 Å². The molecule has 3 rings (SSSR count). The summed E-state index contributed by atoms with van der Waals surface area (Å²) in [5.41, 5.74) is 1.41. The lowest BCUT2D eigenvalue weighted by molar-refractivity contribution is 1.36. The van der Waals surface area contributed by atoms with Crippen LogP contribution in [-0.2, 0) is 0 Å². The second-order valence-electron chi connectivity index (χ2n) is 3.39. The Morgan fingerprint density at radius 1 is 1.14 bits per heavy atom. The van der Waals surface area contributed by atoms with E-state index in [1.165, 1.54) is 16.0 Å². The van der Waals surface area contributed by atoms with E-state index in [1.807, 2.05) is 0 Å². The van der Waals surface area contributed by atoms with Gasteiger partial charge in [0.1, 0.15) is 0 Å². The van der Waals surface area contributed by atoms with E-state index in [-0.39, 0.29) is 0 Å². The van der Waals surface area contributed by atoms with E-state index in [2.05, 4.69) is 54.0 Å². The standard InChI is InChI=1S/C13H9S/c1-2-6-11-10(5-1)9-14-13-8-4-3-7-12(11)13/h1-8,13H. The van der Waals surface area contributed by atoms with Crippen LogP contribution in [0.1, 0.15) is 0 Å². The molecule has 0 spiro atoms. The number of allylic oxidation sites excluding steroid dienone is 3. The topological polar surface area (TPSA) is 0 Å². The van der Waals surface area contributed by atoms with Crippen molar-refractivity contribution >= 4 is 22.7 Å². The largest absolute Gasteiger partial charge is 0.112 e. The van der Waals surface area contributed by atoms with Gasteiger partial charge in [0, 0.05) is 5.41 Å². The summed E-state index contributed by atoms with van der Waals surface area (Å²) in [5, 5.41) is 6.40. The normalized spacial score (nSPS) is 22.6. The van der Waals surface area contributed by atoms with Crippen LogP contribution >= 0.6 is 11.8 Å². The zero-order valence-electron chi connectivity index (χ0n) is 7.60. The van der Waals surface area contributed by atoms with Gasteiger partial charge in [-0.1, -0.05) is 48.6 Å². The number of fused-ring (bicyclic) bond motifs is 2. The van der Waals surface area contributed by atoms with Crippen molar-refractivity contribution in [2.75, 3.05) is 0 Å². The second-order valence-corrected chi connectivity index (χ2v) is 4.33. The Morgan fingerprint density at radius 2 is 2.07 bits per heavy atom. The number of benzene rings is 1. The quantitative estimate of drug-likeness (QED) is 0.610. The maximum absolute atomic E-state index is 3.37. The zero-order chi connectivity index (χ0) is 9.38. The van der Waals surface area contributed by atoms with Crippen LogP contribution in [0.3, 0.4) is 0 Å². The fourth-order valence-electron chi connectivity index (χ4n) is 1.82. The number of hydrogen-bond donors (Lipinski definition) is 0. The van der Waals surface area contributed by atoms with Crippen molar-refractivity contribution in [1.82, 2.24) is 0 Å². The molecule has 1 aromatic rings. The van der Waals surface area contributed by atoms with Gasteiger partial charge in [-0.25, -0.2) is 0 Å². The molecule has 0 nitrogen and oxygen atoms in total.